The molecule has 1 aromatic rings. The molecule has 98 valence electrons. The molecule has 1 aliphatic carbocycles. The monoisotopic (exact) mass is 251 g/mol. The first kappa shape index (κ1) is 12.4. The number of aromatic nitrogens is 2. The highest BCUT2D eigenvalue weighted by molar-refractivity contribution is 5.84. The number of hydrogen-bond donors (Lipinski definition) is 2. The number of nitrogens with two attached hydrogens (primary N) is 1. The number of hydrogen-bond acceptors (Lipinski definition) is 4. The SMILES string of the molecule is CN(CC(=O)NC1CC1)C(=O)Cn1cc(N)cn1. The van der Waals surface area contributed by atoms with E-state index in [1.807, 2.05) is 0 Å². The fourth-order valence-corrected chi connectivity index (χ4v) is 1.53. The standard InChI is InChI=1S/C11H17N5O2/c1-15(6-10(17)14-9-2-3-9)11(18)7-16-5-8(12)4-13-16/h4-5,9H,2-3,6-7,12H2,1H3,(H,14,17). The molecule has 1 aliphatic rings. The van der Waals surface area contributed by atoms with Gasteiger partial charge < -0.3 is 16.0 Å². The zero-order valence-electron chi connectivity index (χ0n) is 10.3. The molecule has 18 heavy (non-hydrogen) atoms. The maximum atomic E-state index is 11.8. The second-order valence-corrected chi connectivity index (χ2v) is 4.56. The van der Waals surface area contributed by atoms with Gasteiger partial charge in [0.15, 0.2) is 0 Å². The Morgan fingerprint density at radius 2 is 2.33 bits per heavy atom. The largest absolute Gasteiger partial charge is 0.396 e. The van der Waals surface area contributed by atoms with E-state index in [2.05, 4.69) is 10.4 Å². The Morgan fingerprint density at radius 1 is 1.61 bits per heavy atom. The van der Waals surface area contributed by atoms with E-state index in [4.69, 9.17) is 5.73 Å². The fourth-order valence-electron chi connectivity index (χ4n) is 1.53. The lowest BCUT2D eigenvalue weighted by molar-refractivity contribution is -0.135. The quantitative estimate of drug-likeness (QED) is 0.716. The summed E-state index contributed by atoms with van der Waals surface area (Å²) in [6.45, 7) is 0.163. The van der Waals surface area contributed by atoms with E-state index in [0.717, 1.165) is 12.8 Å². The van der Waals surface area contributed by atoms with E-state index in [0.29, 0.717) is 11.7 Å². The molecule has 1 saturated carbocycles. The summed E-state index contributed by atoms with van der Waals surface area (Å²) in [6, 6.07) is 0.312. The van der Waals surface area contributed by atoms with Gasteiger partial charge in [-0.05, 0) is 12.8 Å². The van der Waals surface area contributed by atoms with Crippen molar-refractivity contribution in [1.29, 1.82) is 0 Å². The molecule has 0 saturated heterocycles. The predicted molar refractivity (Wildman–Crippen MR) is 65.4 cm³/mol. The summed E-state index contributed by atoms with van der Waals surface area (Å²) in [7, 11) is 1.60. The average molecular weight is 251 g/mol. The molecule has 2 amide bonds. The van der Waals surface area contributed by atoms with E-state index in [-0.39, 0.29) is 24.9 Å². The molecule has 7 heteroatoms. The summed E-state index contributed by atoms with van der Waals surface area (Å²) < 4.78 is 1.45. The third-order valence-electron chi connectivity index (χ3n) is 2.70. The molecule has 3 N–H and O–H groups in total. The molecule has 2 rings (SSSR count). The first-order chi connectivity index (χ1) is 8.54. The molecule has 0 spiro atoms. The van der Waals surface area contributed by atoms with Crippen LogP contribution >= 0.6 is 0 Å². The Bertz CT molecular complexity index is 452. The van der Waals surface area contributed by atoms with Gasteiger partial charge in [-0.2, -0.15) is 5.10 Å². The lowest BCUT2D eigenvalue weighted by atomic mass is 10.4. The van der Waals surface area contributed by atoms with E-state index in [1.165, 1.54) is 15.8 Å². The number of likely N-dealkylation sites (N-methyl/N-ethyl adjacent to an activating group) is 1. The fraction of sp³-hybridized carbons (Fsp3) is 0.545. The van der Waals surface area contributed by atoms with E-state index >= 15 is 0 Å². The van der Waals surface area contributed by atoms with Crippen molar-refractivity contribution in [3.8, 4) is 0 Å². The first-order valence-corrected chi connectivity index (χ1v) is 5.86. The van der Waals surface area contributed by atoms with Crippen LogP contribution < -0.4 is 11.1 Å². The van der Waals surface area contributed by atoms with Gasteiger partial charge in [-0.1, -0.05) is 0 Å². The van der Waals surface area contributed by atoms with Crippen molar-refractivity contribution < 1.29 is 9.59 Å². The maximum absolute atomic E-state index is 11.8. The summed E-state index contributed by atoms with van der Waals surface area (Å²) in [6.07, 6.45) is 5.13. The number of anilines is 1. The highest BCUT2D eigenvalue weighted by atomic mass is 16.2. The average Bonchev–Trinajstić information content (AvgIpc) is 3.00. The van der Waals surface area contributed by atoms with Crippen molar-refractivity contribution in [2.75, 3.05) is 19.3 Å². The van der Waals surface area contributed by atoms with Crippen molar-refractivity contribution >= 4 is 17.5 Å². The van der Waals surface area contributed by atoms with Crippen molar-refractivity contribution in [2.24, 2.45) is 0 Å². The third kappa shape index (κ3) is 3.47. The number of nitrogens with zero attached hydrogens (tertiary/aromatic N) is 3. The van der Waals surface area contributed by atoms with Gasteiger partial charge in [-0.25, -0.2) is 0 Å². The second-order valence-electron chi connectivity index (χ2n) is 4.56. The van der Waals surface area contributed by atoms with Gasteiger partial charge in [-0.15, -0.1) is 0 Å². The Hall–Kier alpha value is -2.05. The molecular formula is C11H17N5O2. The van der Waals surface area contributed by atoms with Crippen LogP contribution in [0.2, 0.25) is 0 Å². The smallest absolute Gasteiger partial charge is 0.244 e. The molecular weight excluding hydrogens is 234 g/mol. The minimum Gasteiger partial charge on any atom is -0.396 e. The normalized spacial score (nSPS) is 14.3. The topological polar surface area (TPSA) is 93.2 Å². The van der Waals surface area contributed by atoms with E-state index in [1.54, 1.807) is 13.2 Å². The van der Waals surface area contributed by atoms with Crippen molar-refractivity contribution in [2.45, 2.75) is 25.4 Å². The van der Waals surface area contributed by atoms with Crippen molar-refractivity contribution in [3.05, 3.63) is 12.4 Å². The molecule has 1 fully saturated rings. The van der Waals surface area contributed by atoms with Gasteiger partial charge in [0.25, 0.3) is 0 Å². The number of amides is 2. The highest BCUT2D eigenvalue weighted by Crippen LogP contribution is 2.18. The summed E-state index contributed by atoms with van der Waals surface area (Å²) in [5.74, 6) is -0.294. The summed E-state index contributed by atoms with van der Waals surface area (Å²) in [5, 5.41) is 6.75. The predicted octanol–water partition coefficient (Wildman–Crippen LogP) is -0.798. The van der Waals surface area contributed by atoms with Crippen LogP contribution in [-0.4, -0.2) is 46.1 Å². The van der Waals surface area contributed by atoms with Crippen LogP contribution in [-0.2, 0) is 16.1 Å². The van der Waals surface area contributed by atoms with Gasteiger partial charge in [0.1, 0.15) is 6.54 Å². The second kappa shape index (κ2) is 5.07. The van der Waals surface area contributed by atoms with Crippen LogP contribution in [0.15, 0.2) is 12.4 Å². The van der Waals surface area contributed by atoms with Crippen LogP contribution in [0.5, 0.6) is 0 Å². The van der Waals surface area contributed by atoms with Crippen LogP contribution in [0.1, 0.15) is 12.8 Å². The zero-order chi connectivity index (χ0) is 13.1. The number of carbonyl (C=O) groups excluding carboxylic acids is 2. The van der Waals surface area contributed by atoms with Gasteiger partial charge in [0, 0.05) is 19.3 Å². The molecule has 1 heterocycles. The van der Waals surface area contributed by atoms with Gasteiger partial charge in [0.05, 0.1) is 18.4 Å². The van der Waals surface area contributed by atoms with Crippen molar-refractivity contribution in [1.82, 2.24) is 20.0 Å². The Balaban J connectivity index is 1.78. The molecule has 1 aromatic heterocycles. The molecule has 0 unspecified atom stereocenters. The minimum atomic E-state index is -0.177. The Morgan fingerprint density at radius 3 is 2.89 bits per heavy atom. The lowest BCUT2D eigenvalue weighted by Crippen LogP contribution is -2.40. The van der Waals surface area contributed by atoms with Gasteiger partial charge in [-0.3, -0.25) is 14.3 Å². The Kier molecular flexibility index (Phi) is 3.50. The summed E-state index contributed by atoms with van der Waals surface area (Å²) in [4.78, 5) is 24.7. The summed E-state index contributed by atoms with van der Waals surface area (Å²) in [5.41, 5.74) is 6.01. The first-order valence-electron chi connectivity index (χ1n) is 5.86. The van der Waals surface area contributed by atoms with Gasteiger partial charge in [0.2, 0.25) is 11.8 Å². The molecule has 0 atom stereocenters. The highest BCUT2D eigenvalue weighted by Gasteiger charge is 2.24. The van der Waals surface area contributed by atoms with Crippen LogP contribution in [0.3, 0.4) is 0 Å². The van der Waals surface area contributed by atoms with Crippen molar-refractivity contribution in [3.63, 3.8) is 0 Å². The maximum Gasteiger partial charge on any atom is 0.244 e. The number of nitrogens with one attached hydrogen (secondary N) is 1. The molecule has 0 aromatic carbocycles. The minimum absolute atomic E-state index is 0.0755. The zero-order valence-corrected chi connectivity index (χ0v) is 10.3. The van der Waals surface area contributed by atoms with Crippen LogP contribution in [0.25, 0.3) is 0 Å². The van der Waals surface area contributed by atoms with Gasteiger partial charge >= 0.3 is 0 Å². The third-order valence-corrected chi connectivity index (χ3v) is 2.70. The number of rotatable bonds is 5. The van der Waals surface area contributed by atoms with E-state index < -0.39 is 0 Å². The molecule has 0 aliphatic heterocycles. The molecule has 0 bridgehead atoms. The molecule has 7 nitrogen and oxygen atoms in total. The number of carbonyl (C=O) groups is 2. The number of nitrogen functional groups attached to an aromatic ring is 1. The molecule has 0 radical (unpaired) electrons. The van der Waals surface area contributed by atoms with E-state index in [9.17, 15) is 9.59 Å². The van der Waals surface area contributed by atoms with Crippen LogP contribution in [0.4, 0.5) is 5.69 Å². The Labute approximate surface area is 105 Å². The summed E-state index contributed by atoms with van der Waals surface area (Å²) >= 11 is 0. The lowest BCUT2D eigenvalue weighted by Gasteiger charge is -2.16. The van der Waals surface area contributed by atoms with Crippen LogP contribution in [0, 0.1) is 0 Å².